The van der Waals surface area contributed by atoms with E-state index in [4.69, 9.17) is 4.42 Å². The van der Waals surface area contributed by atoms with E-state index >= 15 is 0 Å². The van der Waals surface area contributed by atoms with Gasteiger partial charge in [-0.2, -0.15) is 0 Å². The fourth-order valence-corrected chi connectivity index (χ4v) is 2.53. The summed E-state index contributed by atoms with van der Waals surface area (Å²) in [6.07, 6.45) is 0. The smallest absolute Gasteiger partial charge is 0.135 e. The molecule has 0 bridgehead atoms. The van der Waals surface area contributed by atoms with Gasteiger partial charge in [-0.1, -0.05) is 60.4 Å². The minimum absolute atomic E-state index is 0.883. The zero-order valence-corrected chi connectivity index (χ0v) is 12.5. The van der Waals surface area contributed by atoms with Crippen LogP contribution in [0.25, 0.3) is 22.3 Å². The molecular formula is C22H14O. The maximum Gasteiger partial charge on any atom is 0.135 e. The molecule has 0 aliphatic carbocycles. The molecule has 23 heavy (non-hydrogen) atoms. The predicted octanol–water partition coefficient (Wildman–Crippen LogP) is 5.50. The molecule has 0 saturated heterocycles. The number of furan rings is 1. The monoisotopic (exact) mass is 294 g/mol. The van der Waals surface area contributed by atoms with E-state index in [9.17, 15) is 0 Å². The molecule has 0 unspecified atom stereocenters. The van der Waals surface area contributed by atoms with Gasteiger partial charge < -0.3 is 4.42 Å². The Hall–Kier alpha value is -3.24. The summed E-state index contributed by atoms with van der Waals surface area (Å²) in [5, 5.41) is 1.07. The Bertz CT molecular complexity index is 999. The maximum atomic E-state index is 5.92. The van der Waals surface area contributed by atoms with Crippen molar-refractivity contribution in [1.29, 1.82) is 0 Å². The fourth-order valence-electron chi connectivity index (χ4n) is 2.53. The molecule has 0 radical (unpaired) electrons. The quantitative estimate of drug-likeness (QED) is 0.422. The largest absolute Gasteiger partial charge is 0.456 e. The second-order valence-corrected chi connectivity index (χ2v) is 5.35. The lowest BCUT2D eigenvalue weighted by Crippen LogP contribution is -1.75. The van der Waals surface area contributed by atoms with E-state index < -0.39 is 0 Å². The Labute approximate surface area is 135 Å². The minimum atomic E-state index is 0.883. The van der Waals surface area contributed by atoms with Crippen LogP contribution in [0.1, 0.15) is 11.1 Å². The van der Waals surface area contributed by atoms with Gasteiger partial charge in [-0.15, -0.1) is 0 Å². The highest BCUT2D eigenvalue weighted by molar-refractivity contribution is 5.84. The number of fused-ring (bicyclic) bond motifs is 1. The van der Waals surface area contributed by atoms with Gasteiger partial charge in [-0.05, 0) is 36.4 Å². The molecule has 108 valence electrons. The molecule has 1 nitrogen and oxygen atoms in total. The predicted molar refractivity (Wildman–Crippen MR) is 94.1 cm³/mol. The Balaban J connectivity index is 1.70. The lowest BCUT2D eigenvalue weighted by atomic mass is 10.1. The lowest BCUT2D eigenvalue weighted by Gasteiger charge is -1.93. The van der Waals surface area contributed by atoms with Gasteiger partial charge >= 0.3 is 0 Å². The van der Waals surface area contributed by atoms with Crippen molar-refractivity contribution in [2.24, 2.45) is 0 Å². The minimum Gasteiger partial charge on any atom is -0.456 e. The maximum absolute atomic E-state index is 5.92. The average molecular weight is 294 g/mol. The third-order valence-corrected chi connectivity index (χ3v) is 3.70. The molecule has 4 rings (SSSR count). The number of rotatable bonds is 1. The van der Waals surface area contributed by atoms with Crippen molar-refractivity contribution >= 4 is 11.0 Å². The number of hydrogen-bond acceptors (Lipinski definition) is 1. The van der Waals surface area contributed by atoms with Crippen LogP contribution in [0.2, 0.25) is 0 Å². The van der Waals surface area contributed by atoms with Gasteiger partial charge in [0.25, 0.3) is 0 Å². The highest BCUT2D eigenvalue weighted by Crippen LogP contribution is 2.28. The first-order valence-corrected chi connectivity index (χ1v) is 7.54. The summed E-state index contributed by atoms with van der Waals surface area (Å²) < 4.78 is 5.92. The van der Waals surface area contributed by atoms with Gasteiger partial charge in [-0.3, -0.25) is 0 Å². The van der Waals surface area contributed by atoms with Gasteiger partial charge in [0.05, 0.1) is 0 Å². The van der Waals surface area contributed by atoms with Crippen LogP contribution >= 0.6 is 0 Å². The van der Waals surface area contributed by atoms with E-state index in [1.165, 1.54) is 0 Å². The Morgan fingerprint density at radius 3 is 2.09 bits per heavy atom. The summed E-state index contributed by atoms with van der Waals surface area (Å²) in [5.74, 6) is 7.28. The average Bonchev–Trinajstić information content (AvgIpc) is 3.05. The van der Waals surface area contributed by atoms with Gasteiger partial charge in [0.15, 0.2) is 0 Å². The van der Waals surface area contributed by atoms with E-state index in [0.717, 1.165) is 33.4 Å². The van der Waals surface area contributed by atoms with E-state index in [0.29, 0.717) is 0 Å². The molecule has 0 saturated carbocycles. The van der Waals surface area contributed by atoms with Crippen molar-refractivity contribution in [3.8, 4) is 23.2 Å². The summed E-state index contributed by atoms with van der Waals surface area (Å²) in [6, 6.07) is 28.3. The van der Waals surface area contributed by atoms with Crippen LogP contribution in [0.4, 0.5) is 0 Å². The van der Waals surface area contributed by atoms with E-state index in [1.807, 2.05) is 72.8 Å². The summed E-state index contributed by atoms with van der Waals surface area (Å²) in [7, 11) is 0. The summed E-state index contributed by atoms with van der Waals surface area (Å²) in [6.45, 7) is 0. The van der Waals surface area contributed by atoms with Crippen molar-refractivity contribution in [2.45, 2.75) is 0 Å². The van der Waals surface area contributed by atoms with Crippen LogP contribution in [-0.4, -0.2) is 0 Å². The highest BCUT2D eigenvalue weighted by atomic mass is 16.3. The van der Waals surface area contributed by atoms with Crippen LogP contribution in [-0.2, 0) is 0 Å². The fraction of sp³-hybridized carbons (Fsp3) is 0. The Morgan fingerprint density at radius 1 is 0.609 bits per heavy atom. The van der Waals surface area contributed by atoms with Crippen molar-refractivity contribution in [1.82, 2.24) is 0 Å². The molecule has 0 atom stereocenters. The second-order valence-electron chi connectivity index (χ2n) is 5.35. The standard InChI is InChI=1S/C22H14O/c1-3-7-17(8-4-1)11-12-18-13-14-21-20(15-18)16-22(23-21)19-9-5-2-6-10-19/h1-10,13-16H. The molecule has 0 spiro atoms. The Kier molecular flexibility index (Phi) is 3.42. The SMILES string of the molecule is C(#Cc1ccc2oc(-c3ccccc3)cc2c1)c1ccccc1. The molecule has 0 fully saturated rings. The lowest BCUT2D eigenvalue weighted by molar-refractivity contribution is 0.631. The molecule has 1 aromatic heterocycles. The molecule has 1 heterocycles. The van der Waals surface area contributed by atoms with Crippen molar-refractivity contribution in [3.05, 3.63) is 96.1 Å². The summed E-state index contributed by atoms with van der Waals surface area (Å²) in [4.78, 5) is 0. The van der Waals surface area contributed by atoms with Crippen molar-refractivity contribution < 1.29 is 4.42 Å². The number of hydrogen-bond donors (Lipinski definition) is 0. The molecule has 0 aliphatic heterocycles. The number of benzene rings is 3. The van der Waals surface area contributed by atoms with Gasteiger partial charge in [0.2, 0.25) is 0 Å². The van der Waals surface area contributed by atoms with Crippen LogP contribution in [0.3, 0.4) is 0 Å². The van der Waals surface area contributed by atoms with Gasteiger partial charge in [0.1, 0.15) is 11.3 Å². The van der Waals surface area contributed by atoms with Crippen LogP contribution in [0, 0.1) is 11.8 Å². The molecule has 0 amide bonds. The van der Waals surface area contributed by atoms with Crippen LogP contribution < -0.4 is 0 Å². The zero-order chi connectivity index (χ0) is 15.5. The van der Waals surface area contributed by atoms with Crippen LogP contribution in [0.5, 0.6) is 0 Å². The molecule has 0 aliphatic rings. The second kappa shape index (κ2) is 5.87. The first kappa shape index (κ1) is 13.4. The first-order valence-electron chi connectivity index (χ1n) is 7.54. The summed E-state index contributed by atoms with van der Waals surface area (Å²) >= 11 is 0. The topological polar surface area (TPSA) is 13.1 Å². The molecule has 1 heteroatoms. The molecule has 4 aromatic rings. The zero-order valence-electron chi connectivity index (χ0n) is 12.5. The van der Waals surface area contributed by atoms with Crippen molar-refractivity contribution in [2.75, 3.05) is 0 Å². The summed E-state index contributed by atoms with van der Waals surface area (Å²) in [5.41, 5.74) is 3.97. The van der Waals surface area contributed by atoms with Crippen LogP contribution in [0.15, 0.2) is 89.3 Å². The molecule has 0 N–H and O–H groups in total. The van der Waals surface area contributed by atoms with E-state index in [1.54, 1.807) is 0 Å². The van der Waals surface area contributed by atoms with Crippen molar-refractivity contribution in [3.63, 3.8) is 0 Å². The van der Waals surface area contributed by atoms with E-state index in [2.05, 4.69) is 24.0 Å². The third kappa shape index (κ3) is 2.88. The van der Waals surface area contributed by atoms with E-state index in [-0.39, 0.29) is 0 Å². The Morgan fingerprint density at radius 2 is 1.30 bits per heavy atom. The first-order chi connectivity index (χ1) is 11.4. The molecule has 3 aromatic carbocycles. The normalized spacial score (nSPS) is 10.3. The molecular weight excluding hydrogens is 280 g/mol. The van der Waals surface area contributed by atoms with Gasteiger partial charge in [-0.25, -0.2) is 0 Å². The van der Waals surface area contributed by atoms with Gasteiger partial charge in [0, 0.05) is 22.1 Å². The third-order valence-electron chi connectivity index (χ3n) is 3.70. The highest BCUT2D eigenvalue weighted by Gasteiger charge is 2.05.